The molecular weight excluding hydrogens is 304 g/mol. The van der Waals surface area contributed by atoms with Gasteiger partial charge in [-0.25, -0.2) is 0 Å². The van der Waals surface area contributed by atoms with Gasteiger partial charge in [-0.2, -0.15) is 21.9 Å². The molecule has 0 unspecified atom stereocenters. The molecule has 0 aliphatic carbocycles. The van der Waals surface area contributed by atoms with E-state index in [1.807, 2.05) is 35.6 Å². The molecule has 0 spiro atoms. The van der Waals surface area contributed by atoms with Gasteiger partial charge in [0, 0.05) is 42.4 Å². The van der Waals surface area contributed by atoms with Crippen LogP contribution >= 0.6 is 23.5 Å². The maximum Gasteiger partial charge on any atom is 0.286 e. The Morgan fingerprint density at radius 3 is 2.81 bits per heavy atom. The average Bonchev–Trinajstić information content (AvgIpc) is 3.05. The third-order valence-electron chi connectivity index (χ3n) is 3.62. The van der Waals surface area contributed by atoms with Crippen LogP contribution in [0.2, 0.25) is 0 Å². The molecule has 0 aromatic carbocycles. The summed E-state index contributed by atoms with van der Waals surface area (Å²) < 4.78 is 1.93. The first-order valence-electron chi connectivity index (χ1n) is 7.06. The molecule has 0 radical (unpaired) electrons. The van der Waals surface area contributed by atoms with Crippen LogP contribution in [0.15, 0.2) is 16.1 Å². The zero-order chi connectivity index (χ0) is 14.8. The molecule has 0 bridgehead atoms. The standard InChI is InChI=1S/C14H18N4OS2/c1-3-18-10(2)11(9-15-18)8-12-13(19)16-14(21-12)17-4-6-20-7-5-17/h8-9H,3-7H2,1-2H3. The molecule has 7 heteroatoms. The molecule has 1 aromatic heterocycles. The van der Waals surface area contributed by atoms with Crippen LogP contribution < -0.4 is 0 Å². The van der Waals surface area contributed by atoms with Crippen molar-refractivity contribution in [3.05, 3.63) is 22.4 Å². The second-order valence-corrected chi connectivity index (χ2v) is 7.14. The summed E-state index contributed by atoms with van der Waals surface area (Å²) in [6, 6.07) is 0. The van der Waals surface area contributed by atoms with E-state index < -0.39 is 0 Å². The van der Waals surface area contributed by atoms with E-state index in [9.17, 15) is 4.79 Å². The van der Waals surface area contributed by atoms with E-state index in [0.717, 1.165) is 47.6 Å². The normalized spacial score (nSPS) is 21.2. The first-order chi connectivity index (χ1) is 10.2. The van der Waals surface area contributed by atoms with Gasteiger partial charge in [0.05, 0.1) is 11.1 Å². The summed E-state index contributed by atoms with van der Waals surface area (Å²) in [4.78, 5) is 19.2. The summed E-state index contributed by atoms with van der Waals surface area (Å²) in [5.74, 6) is 2.08. The minimum atomic E-state index is -0.128. The maximum absolute atomic E-state index is 12.1. The quantitative estimate of drug-likeness (QED) is 0.782. The predicted molar refractivity (Wildman–Crippen MR) is 89.5 cm³/mol. The van der Waals surface area contributed by atoms with Gasteiger partial charge in [0.2, 0.25) is 0 Å². The van der Waals surface area contributed by atoms with Gasteiger partial charge >= 0.3 is 0 Å². The highest BCUT2D eigenvalue weighted by Gasteiger charge is 2.27. The molecule has 3 rings (SSSR count). The molecule has 2 aliphatic heterocycles. The Hall–Kier alpha value is -1.21. The molecule has 2 aliphatic rings. The summed E-state index contributed by atoms with van der Waals surface area (Å²) in [6.45, 7) is 6.87. The van der Waals surface area contributed by atoms with E-state index in [-0.39, 0.29) is 5.91 Å². The number of aromatic nitrogens is 2. The number of nitrogens with zero attached hydrogens (tertiary/aromatic N) is 4. The summed E-state index contributed by atoms with van der Waals surface area (Å²) in [7, 11) is 0. The Morgan fingerprint density at radius 1 is 1.38 bits per heavy atom. The van der Waals surface area contributed by atoms with E-state index in [1.54, 1.807) is 0 Å². The number of carbonyl (C=O) groups is 1. The lowest BCUT2D eigenvalue weighted by Gasteiger charge is -2.26. The zero-order valence-electron chi connectivity index (χ0n) is 12.2. The van der Waals surface area contributed by atoms with Crippen molar-refractivity contribution in [1.82, 2.24) is 14.7 Å². The van der Waals surface area contributed by atoms with Crippen molar-refractivity contribution < 1.29 is 4.79 Å². The number of aliphatic imine (C=N–C) groups is 1. The lowest BCUT2D eigenvalue weighted by Crippen LogP contribution is -2.35. The third kappa shape index (κ3) is 3.03. The van der Waals surface area contributed by atoms with Crippen molar-refractivity contribution in [3.63, 3.8) is 0 Å². The summed E-state index contributed by atoms with van der Waals surface area (Å²) in [5, 5.41) is 5.16. The second kappa shape index (κ2) is 6.27. The van der Waals surface area contributed by atoms with Gasteiger partial charge in [-0.3, -0.25) is 9.48 Å². The molecule has 1 amide bonds. The van der Waals surface area contributed by atoms with Crippen LogP contribution in [0.3, 0.4) is 0 Å². The van der Waals surface area contributed by atoms with Crippen LogP contribution in [0.5, 0.6) is 0 Å². The van der Waals surface area contributed by atoms with E-state index in [1.165, 1.54) is 11.8 Å². The Labute approximate surface area is 132 Å². The van der Waals surface area contributed by atoms with E-state index in [0.29, 0.717) is 4.91 Å². The molecule has 1 fully saturated rings. The van der Waals surface area contributed by atoms with Gasteiger partial charge in [-0.15, -0.1) is 0 Å². The topological polar surface area (TPSA) is 50.5 Å². The van der Waals surface area contributed by atoms with Crippen molar-refractivity contribution in [2.75, 3.05) is 24.6 Å². The highest BCUT2D eigenvalue weighted by molar-refractivity contribution is 8.18. The van der Waals surface area contributed by atoms with Crippen LogP contribution in [0.4, 0.5) is 0 Å². The third-order valence-corrected chi connectivity index (χ3v) is 5.61. The predicted octanol–water partition coefficient (Wildman–Crippen LogP) is 2.23. The monoisotopic (exact) mass is 322 g/mol. The Kier molecular flexibility index (Phi) is 4.40. The molecule has 0 atom stereocenters. The van der Waals surface area contributed by atoms with Gasteiger partial charge in [-0.05, 0) is 31.7 Å². The number of hydrogen-bond donors (Lipinski definition) is 0. The molecule has 0 N–H and O–H groups in total. The van der Waals surface area contributed by atoms with Crippen molar-refractivity contribution >= 4 is 40.7 Å². The number of hydrogen-bond acceptors (Lipinski definition) is 5. The van der Waals surface area contributed by atoms with Gasteiger partial charge in [0.1, 0.15) is 0 Å². The van der Waals surface area contributed by atoms with Crippen LogP contribution in [0.1, 0.15) is 18.2 Å². The van der Waals surface area contributed by atoms with Crippen LogP contribution in [-0.2, 0) is 11.3 Å². The Balaban J connectivity index is 1.77. The van der Waals surface area contributed by atoms with Crippen LogP contribution in [0, 0.1) is 6.92 Å². The summed E-state index contributed by atoms with van der Waals surface area (Å²) in [6.07, 6.45) is 3.73. The van der Waals surface area contributed by atoms with Crippen molar-refractivity contribution in [2.24, 2.45) is 4.99 Å². The largest absolute Gasteiger partial charge is 0.349 e. The number of aryl methyl sites for hydroxylation is 1. The maximum atomic E-state index is 12.1. The second-order valence-electron chi connectivity index (χ2n) is 4.91. The molecule has 1 saturated heterocycles. The fraction of sp³-hybridized carbons (Fsp3) is 0.500. The molecule has 112 valence electrons. The molecular formula is C14H18N4OS2. The fourth-order valence-corrected chi connectivity index (χ4v) is 4.21. The lowest BCUT2D eigenvalue weighted by atomic mass is 10.2. The van der Waals surface area contributed by atoms with E-state index in [4.69, 9.17) is 0 Å². The zero-order valence-corrected chi connectivity index (χ0v) is 13.8. The SMILES string of the molecule is CCn1ncc(C=C2SC(N3CCSCC3)=NC2=O)c1C. The van der Waals surface area contributed by atoms with Crippen molar-refractivity contribution in [1.29, 1.82) is 0 Å². The Bertz CT molecular complexity index is 614. The number of rotatable bonds is 2. The molecule has 21 heavy (non-hydrogen) atoms. The number of thioether (sulfide) groups is 2. The van der Waals surface area contributed by atoms with Crippen LogP contribution in [-0.4, -0.2) is 50.4 Å². The van der Waals surface area contributed by atoms with Crippen LogP contribution in [0.25, 0.3) is 6.08 Å². The van der Waals surface area contributed by atoms with E-state index in [2.05, 4.69) is 21.9 Å². The van der Waals surface area contributed by atoms with Gasteiger partial charge in [-0.1, -0.05) is 0 Å². The minimum Gasteiger partial charge on any atom is -0.349 e. The smallest absolute Gasteiger partial charge is 0.286 e. The highest BCUT2D eigenvalue weighted by Crippen LogP contribution is 2.31. The van der Waals surface area contributed by atoms with Gasteiger partial charge < -0.3 is 4.90 Å². The first kappa shape index (κ1) is 14.7. The highest BCUT2D eigenvalue weighted by atomic mass is 32.2. The number of amidine groups is 1. The number of amides is 1. The molecule has 1 aromatic rings. The summed E-state index contributed by atoms with van der Waals surface area (Å²) in [5.41, 5.74) is 2.08. The van der Waals surface area contributed by atoms with Crippen molar-refractivity contribution in [2.45, 2.75) is 20.4 Å². The van der Waals surface area contributed by atoms with Gasteiger partial charge in [0.25, 0.3) is 5.91 Å². The van der Waals surface area contributed by atoms with Crippen molar-refractivity contribution in [3.8, 4) is 0 Å². The average molecular weight is 322 g/mol. The number of carbonyl (C=O) groups excluding carboxylic acids is 1. The lowest BCUT2D eigenvalue weighted by molar-refractivity contribution is -0.113. The molecule has 5 nitrogen and oxygen atoms in total. The first-order valence-corrected chi connectivity index (χ1v) is 9.04. The molecule has 0 saturated carbocycles. The van der Waals surface area contributed by atoms with E-state index >= 15 is 0 Å². The minimum absolute atomic E-state index is 0.128. The van der Waals surface area contributed by atoms with Gasteiger partial charge in [0.15, 0.2) is 5.17 Å². The summed E-state index contributed by atoms with van der Waals surface area (Å²) >= 11 is 3.44. The Morgan fingerprint density at radius 2 is 2.14 bits per heavy atom. The fourth-order valence-electron chi connectivity index (χ4n) is 2.35. The molecule has 3 heterocycles.